The maximum Gasteiger partial charge on any atom is 0.269 e. The van der Waals surface area contributed by atoms with Gasteiger partial charge >= 0.3 is 0 Å². The summed E-state index contributed by atoms with van der Waals surface area (Å²) in [6.07, 6.45) is 0. The van der Waals surface area contributed by atoms with Crippen molar-refractivity contribution < 1.29 is 4.92 Å². The summed E-state index contributed by atoms with van der Waals surface area (Å²) in [5, 5.41) is 14.9. The van der Waals surface area contributed by atoms with Crippen molar-refractivity contribution in [3.05, 3.63) is 66.6 Å². The molecule has 4 nitrogen and oxygen atoms in total. The maximum absolute atomic E-state index is 10.7. The van der Waals surface area contributed by atoms with Crippen LogP contribution in [0, 0.1) is 10.1 Å². The number of hydrogen-bond acceptors (Lipinski definition) is 3. The van der Waals surface area contributed by atoms with E-state index in [4.69, 9.17) is 23.2 Å². The molecule has 2 rings (SSSR count). The van der Waals surface area contributed by atoms with E-state index in [0.29, 0.717) is 22.2 Å². The second kappa shape index (κ2) is 6.43. The topological polar surface area (TPSA) is 55.2 Å². The number of nitro groups is 1. The van der Waals surface area contributed by atoms with Gasteiger partial charge in [-0.3, -0.25) is 10.1 Å². The molecule has 0 aliphatic carbocycles. The minimum Gasteiger partial charge on any atom is -0.380 e. The van der Waals surface area contributed by atoms with Gasteiger partial charge < -0.3 is 5.32 Å². The molecule has 0 amide bonds. The van der Waals surface area contributed by atoms with Crippen LogP contribution in [0.5, 0.6) is 0 Å². The normalized spacial score (nSPS) is 10.3. The molecule has 0 saturated carbocycles. The van der Waals surface area contributed by atoms with Crippen LogP contribution in [0.15, 0.2) is 40.9 Å². The summed E-state index contributed by atoms with van der Waals surface area (Å²) >= 11 is 15.4. The molecule has 0 atom stereocenters. The Morgan fingerprint density at radius 3 is 2.55 bits per heavy atom. The number of non-ortho nitro benzene ring substituents is 1. The number of rotatable bonds is 4. The Morgan fingerprint density at radius 1 is 1.15 bits per heavy atom. The number of anilines is 1. The zero-order chi connectivity index (χ0) is 14.7. The quantitative estimate of drug-likeness (QED) is 0.584. The average molecular weight is 376 g/mol. The Labute approximate surface area is 134 Å². The van der Waals surface area contributed by atoms with E-state index in [1.54, 1.807) is 6.07 Å². The largest absolute Gasteiger partial charge is 0.380 e. The van der Waals surface area contributed by atoms with Gasteiger partial charge in [0.2, 0.25) is 0 Å². The third-order valence-electron chi connectivity index (χ3n) is 2.64. The number of benzene rings is 2. The van der Waals surface area contributed by atoms with Gasteiger partial charge in [-0.25, -0.2) is 0 Å². The van der Waals surface area contributed by atoms with E-state index < -0.39 is 4.92 Å². The lowest BCUT2D eigenvalue weighted by atomic mass is 10.2. The second-order valence-corrected chi connectivity index (χ2v) is 5.74. The molecule has 0 bridgehead atoms. The fourth-order valence-electron chi connectivity index (χ4n) is 1.63. The van der Waals surface area contributed by atoms with Crippen molar-refractivity contribution in [2.45, 2.75) is 6.54 Å². The minimum atomic E-state index is -0.452. The highest BCUT2D eigenvalue weighted by atomic mass is 79.9. The third kappa shape index (κ3) is 3.62. The first-order chi connectivity index (χ1) is 9.47. The summed E-state index contributed by atoms with van der Waals surface area (Å²) in [7, 11) is 0. The van der Waals surface area contributed by atoms with Crippen molar-refractivity contribution in [2.24, 2.45) is 0 Å². The van der Waals surface area contributed by atoms with E-state index in [1.807, 2.05) is 12.1 Å². The van der Waals surface area contributed by atoms with Crippen LogP contribution in [0.3, 0.4) is 0 Å². The third-order valence-corrected chi connectivity index (χ3v) is 3.82. The van der Waals surface area contributed by atoms with E-state index in [0.717, 1.165) is 10.2 Å². The van der Waals surface area contributed by atoms with Crippen LogP contribution < -0.4 is 5.32 Å². The van der Waals surface area contributed by atoms with Crippen molar-refractivity contribution in [3.8, 4) is 0 Å². The van der Waals surface area contributed by atoms with Crippen LogP contribution in [0.25, 0.3) is 0 Å². The number of nitrogens with zero attached hydrogens (tertiary/aromatic N) is 1. The molecule has 0 spiro atoms. The summed E-state index contributed by atoms with van der Waals surface area (Å²) in [6.45, 7) is 0.349. The molecule has 0 fully saturated rings. The lowest BCUT2D eigenvalue weighted by Gasteiger charge is -2.10. The zero-order valence-corrected chi connectivity index (χ0v) is 13.2. The van der Waals surface area contributed by atoms with E-state index >= 15 is 0 Å². The summed E-state index contributed by atoms with van der Waals surface area (Å²) in [5.74, 6) is 0. The van der Waals surface area contributed by atoms with Gasteiger partial charge in [0, 0.05) is 28.2 Å². The number of hydrogen-bond donors (Lipinski definition) is 1. The highest BCUT2D eigenvalue weighted by Gasteiger charge is 2.10. The Balaban J connectivity index is 2.18. The summed E-state index contributed by atoms with van der Waals surface area (Å²) in [5.41, 5.74) is 1.38. The Hall–Kier alpha value is -1.30. The maximum atomic E-state index is 10.7. The van der Waals surface area contributed by atoms with Crippen LogP contribution in [-0.2, 0) is 6.54 Å². The highest BCUT2D eigenvalue weighted by molar-refractivity contribution is 9.10. The first kappa shape index (κ1) is 15.1. The van der Waals surface area contributed by atoms with Crippen LogP contribution >= 0.6 is 39.1 Å². The Kier molecular flexibility index (Phi) is 4.86. The molecule has 20 heavy (non-hydrogen) atoms. The fraction of sp³-hybridized carbons (Fsp3) is 0.0769. The number of halogens is 3. The van der Waals surface area contributed by atoms with Crippen molar-refractivity contribution in [1.82, 2.24) is 0 Å². The van der Waals surface area contributed by atoms with E-state index in [1.165, 1.54) is 18.2 Å². The van der Waals surface area contributed by atoms with E-state index in [9.17, 15) is 10.1 Å². The standard InChI is InChI=1S/C13H9BrCl2N2O2/c14-9-1-4-13(12(16)6-9)17-7-8-5-10(18(19)20)2-3-11(8)15/h1-6,17H,7H2. The summed E-state index contributed by atoms with van der Waals surface area (Å²) < 4.78 is 0.876. The van der Waals surface area contributed by atoms with Gasteiger partial charge in [0.15, 0.2) is 0 Å². The van der Waals surface area contributed by atoms with Crippen molar-refractivity contribution >= 4 is 50.5 Å². The fourth-order valence-corrected chi connectivity index (χ4v) is 2.56. The van der Waals surface area contributed by atoms with Gasteiger partial charge in [-0.2, -0.15) is 0 Å². The second-order valence-electron chi connectivity index (χ2n) is 4.01. The molecule has 0 aromatic heterocycles. The lowest BCUT2D eigenvalue weighted by Crippen LogP contribution is -2.01. The van der Waals surface area contributed by atoms with Gasteiger partial charge in [-0.15, -0.1) is 0 Å². The first-order valence-corrected chi connectivity index (χ1v) is 7.14. The average Bonchev–Trinajstić information content (AvgIpc) is 2.39. The zero-order valence-electron chi connectivity index (χ0n) is 10.1. The van der Waals surface area contributed by atoms with Gasteiger partial charge in [-0.1, -0.05) is 39.1 Å². The molecular weight excluding hydrogens is 367 g/mol. The molecule has 0 aliphatic heterocycles. The van der Waals surface area contributed by atoms with Crippen LogP contribution in [0.2, 0.25) is 10.0 Å². The van der Waals surface area contributed by atoms with Crippen LogP contribution in [0.1, 0.15) is 5.56 Å². The van der Waals surface area contributed by atoms with Crippen LogP contribution in [0.4, 0.5) is 11.4 Å². The molecule has 0 aliphatic rings. The summed E-state index contributed by atoms with van der Waals surface area (Å²) in [6, 6.07) is 9.76. The minimum absolute atomic E-state index is 0.00750. The number of nitrogens with one attached hydrogen (secondary N) is 1. The predicted molar refractivity (Wildman–Crippen MR) is 84.6 cm³/mol. The smallest absolute Gasteiger partial charge is 0.269 e. The molecule has 0 radical (unpaired) electrons. The number of nitro benzene ring substituents is 1. The van der Waals surface area contributed by atoms with Crippen molar-refractivity contribution in [2.75, 3.05) is 5.32 Å². The molecule has 0 unspecified atom stereocenters. The Bertz CT molecular complexity index is 665. The SMILES string of the molecule is O=[N+]([O-])c1ccc(Cl)c(CNc2ccc(Br)cc2Cl)c1. The van der Waals surface area contributed by atoms with Gasteiger partial charge in [-0.05, 0) is 29.8 Å². The molecule has 2 aromatic carbocycles. The molecule has 0 saturated heterocycles. The Morgan fingerprint density at radius 2 is 1.90 bits per heavy atom. The van der Waals surface area contributed by atoms with Crippen LogP contribution in [-0.4, -0.2) is 4.92 Å². The van der Waals surface area contributed by atoms with Crippen molar-refractivity contribution in [3.63, 3.8) is 0 Å². The molecular formula is C13H9BrCl2N2O2. The monoisotopic (exact) mass is 374 g/mol. The molecule has 104 valence electrons. The molecule has 2 aromatic rings. The first-order valence-electron chi connectivity index (χ1n) is 5.59. The lowest BCUT2D eigenvalue weighted by molar-refractivity contribution is -0.384. The van der Waals surface area contributed by atoms with Gasteiger partial charge in [0.1, 0.15) is 0 Å². The molecule has 7 heteroatoms. The summed E-state index contributed by atoms with van der Waals surface area (Å²) in [4.78, 5) is 10.3. The highest BCUT2D eigenvalue weighted by Crippen LogP contribution is 2.28. The predicted octanol–water partition coefficient (Wildman–Crippen LogP) is 5.28. The van der Waals surface area contributed by atoms with Gasteiger partial charge in [0.05, 0.1) is 15.6 Å². The van der Waals surface area contributed by atoms with Gasteiger partial charge in [0.25, 0.3) is 5.69 Å². The molecule has 1 N–H and O–H groups in total. The van der Waals surface area contributed by atoms with Crippen molar-refractivity contribution in [1.29, 1.82) is 0 Å². The van der Waals surface area contributed by atoms with E-state index in [-0.39, 0.29) is 5.69 Å². The molecule has 0 heterocycles. The van der Waals surface area contributed by atoms with E-state index in [2.05, 4.69) is 21.2 Å².